The van der Waals surface area contributed by atoms with Crippen LogP contribution in [0, 0.1) is 5.41 Å². The fraction of sp³-hybridized carbons (Fsp3) is 0.760. The Bertz CT molecular complexity index is 1020. The number of nitrogens with zero attached hydrogens (tertiary/aromatic N) is 4. The lowest BCUT2D eigenvalue weighted by molar-refractivity contribution is 0.246. The zero-order valence-electron chi connectivity index (χ0n) is 21.9. The Hall–Kier alpha value is -1.20. The molecule has 0 radical (unpaired) electrons. The number of sulfonamides is 1. The second kappa shape index (κ2) is 11.9. The summed E-state index contributed by atoms with van der Waals surface area (Å²) < 4.78 is 59.1. The summed E-state index contributed by atoms with van der Waals surface area (Å²) in [6.07, 6.45) is 6.98. The summed E-state index contributed by atoms with van der Waals surface area (Å²) in [6, 6.07) is 7.00. The van der Waals surface area contributed by atoms with Gasteiger partial charge in [0.05, 0.1) is 4.90 Å². The predicted molar refractivity (Wildman–Crippen MR) is 142 cm³/mol. The summed E-state index contributed by atoms with van der Waals surface area (Å²) in [5, 5.41) is 0. The molecule has 10 heteroatoms. The normalized spacial score (nSPS) is 18.8. The maximum atomic E-state index is 13.7. The van der Waals surface area contributed by atoms with Gasteiger partial charge in [0.25, 0.3) is 10.2 Å². The standard InChI is InChI=1S/C25H44N4O4S2/c1-5-7-18-28(34(30,31)24-13-11-23(12-14-24)26(3)4)21-25(15-16-25)22-29(17-6-2)35(32,33)27-19-9-8-10-20-27/h11-14H,5-10,15-22H2,1-4H3. The fourth-order valence-electron chi connectivity index (χ4n) is 4.76. The van der Waals surface area contributed by atoms with Crippen LogP contribution in [0.4, 0.5) is 5.69 Å². The summed E-state index contributed by atoms with van der Waals surface area (Å²) in [7, 11) is -3.37. The molecule has 1 aliphatic carbocycles. The van der Waals surface area contributed by atoms with Crippen LogP contribution in [0.3, 0.4) is 0 Å². The highest BCUT2D eigenvalue weighted by Gasteiger charge is 2.49. The number of piperidine rings is 1. The largest absolute Gasteiger partial charge is 0.378 e. The van der Waals surface area contributed by atoms with Crippen LogP contribution in [0.2, 0.25) is 0 Å². The first-order valence-corrected chi connectivity index (χ1v) is 15.9. The van der Waals surface area contributed by atoms with E-state index in [0.29, 0.717) is 44.2 Å². The Morgan fingerprint density at radius 1 is 0.829 bits per heavy atom. The molecular formula is C25H44N4O4S2. The van der Waals surface area contributed by atoms with E-state index in [1.165, 1.54) is 0 Å². The fourth-order valence-corrected chi connectivity index (χ4v) is 8.25. The Kier molecular flexibility index (Phi) is 9.64. The van der Waals surface area contributed by atoms with E-state index in [-0.39, 0.29) is 5.41 Å². The van der Waals surface area contributed by atoms with Crippen LogP contribution in [0.1, 0.15) is 65.2 Å². The highest BCUT2D eigenvalue weighted by atomic mass is 32.2. The van der Waals surface area contributed by atoms with Gasteiger partial charge < -0.3 is 4.90 Å². The van der Waals surface area contributed by atoms with Crippen LogP contribution in [0.15, 0.2) is 29.2 Å². The minimum atomic E-state index is -3.68. The molecule has 200 valence electrons. The summed E-state index contributed by atoms with van der Waals surface area (Å²) in [5.41, 5.74) is 0.628. The first kappa shape index (κ1) is 28.4. The number of benzene rings is 1. The van der Waals surface area contributed by atoms with Gasteiger partial charge in [0.1, 0.15) is 0 Å². The van der Waals surface area contributed by atoms with E-state index in [1.54, 1.807) is 25.0 Å². The minimum Gasteiger partial charge on any atom is -0.378 e. The highest BCUT2D eigenvalue weighted by molar-refractivity contribution is 7.89. The van der Waals surface area contributed by atoms with Crippen LogP contribution in [0.5, 0.6) is 0 Å². The van der Waals surface area contributed by atoms with Gasteiger partial charge in [-0.25, -0.2) is 8.42 Å². The number of anilines is 1. The molecule has 0 unspecified atom stereocenters. The maximum absolute atomic E-state index is 13.7. The first-order valence-electron chi connectivity index (χ1n) is 13.1. The van der Waals surface area contributed by atoms with Gasteiger partial charge in [-0.3, -0.25) is 0 Å². The number of hydrogen-bond acceptors (Lipinski definition) is 5. The molecule has 1 heterocycles. The second-order valence-electron chi connectivity index (χ2n) is 10.4. The second-order valence-corrected chi connectivity index (χ2v) is 14.2. The molecule has 8 nitrogen and oxygen atoms in total. The molecule has 0 bridgehead atoms. The van der Waals surface area contributed by atoms with Gasteiger partial charge in [-0.05, 0) is 68.2 Å². The predicted octanol–water partition coefficient (Wildman–Crippen LogP) is 3.77. The van der Waals surface area contributed by atoms with E-state index in [2.05, 4.69) is 6.92 Å². The Balaban J connectivity index is 1.81. The van der Waals surface area contributed by atoms with Crippen molar-refractivity contribution in [3.05, 3.63) is 24.3 Å². The van der Waals surface area contributed by atoms with Crippen LogP contribution in [-0.4, -0.2) is 83.1 Å². The van der Waals surface area contributed by atoms with Gasteiger partial charge >= 0.3 is 0 Å². The van der Waals surface area contributed by atoms with Crippen molar-refractivity contribution in [1.82, 2.24) is 12.9 Å². The third-order valence-electron chi connectivity index (χ3n) is 7.17. The molecule has 2 fully saturated rings. The summed E-state index contributed by atoms with van der Waals surface area (Å²) in [5.74, 6) is 0. The third-order valence-corrected chi connectivity index (χ3v) is 11.0. The van der Waals surface area contributed by atoms with Gasteiger partial charge in [-0.1, -0.05) is 26.7 Å². The summed E-state index contributed by atoms with van der Waals surface area (Å²) in [4.78, 5) is 2.23. The number of hydrogen-bond donors (Lipinski definition) is 0. The number of rotatable bonds is 14. The lowest BCUT2D eigenvalue weighted by Gasteiger charge is -2.35. The van der Waals surface area contributed by atoms with Crippen molar-refractivity contribution in [3.8, 4) is 0 Å². The first-order chi connectivity index (χ1) is 16.6. The molecule has 0 spiro atoms. The van der Waals surface area contributed by atoms with E-state index in [4.69, 9.17) is 0 Å². The molecule has 1 saturated carbocycles. The van der Waals surface area contributed by atoms with Gasteiger partial charge in [-0.2, -0.15) is 21.3 Å². The van der Waals surface area contributed by atoms with E-state index in [1.807, 2.05) is 38.1 Å². The van der Waals surface area contributed by atoms with Crippen molar-refractivity contribution in [2.24, 2.45) is 5.41 Å². The third kappa shape index (κ3) is 6.97. The SMILES string of the molecule is CCCCN(CC1(CN(CCC)S(=O)(=O)N2CCCCC2)CC1)S(=O)(=O)c1ccc(N(C)C)cc1. The Morgan fingerprint density at radius 3 is 1.94 bits per heavy atom. The van der Waals surface area contributed by atoms with Gasteiger partial charge in [-0.15, -0.1) is 0 Å². The molecule has 2 aliphatic rings. The average molecular weight is 529 g/mol. The summed E-state index contributed by atoms with van der Waals surface area (Å²) >= 11 is 0. The quantitative estimate of drug-likeness (QED) is 0.367. The average Bonchev–Trinajstić information content (AvgIpc) is 3.61. The zero-order chi connectivity index (χ0) is 25.7. The van der Waals surface area contributed by atoms with Crippen LogP contribution < -0.4 is 4.90 Å². The van der Waals surface area contributed by atoms with Crippen molar-refractivity contribution in [2.75, 3.05) is 58.3 Å². The van der Waals surface area contributed by atoms with Gasteiger partial charge in [0, 0.05) is 59.1 Å². The van der Waals surface area contributed by atoms with Crippen LogP contribution in [-0.2, 0) is 20.2 Å². The van der Waals surface area contributed by atoms with Gasteiger partial charge in [0.2, 0.25) is 10.0 Å². The molecule has 0 atom stereocenters. The molecule has 1 aromatic rings. The monoisotopic (exact) mass is 528 g/mol. The Labute approximate surface area is 213 Å². The highest BCUT2D eigenvalue weighted by Crippen LogP contribution is 2.48. The number of unbranched alkanes of at least 4 members (excludes halogenated alkanes) is 1. The maximum Gasteiger partial charge on any atom is 0.281 e. The molecule has 0 aromatic heterocycles. The van der Waals surface area contributed by atoms with Crippen molar-refractivity contribution in [3.63, 3.8) is 0 Å². The van der Waals surface area contributed by atoms with Crippen molar-refractivity contribution in [2.45, 2.75) is 70.1 Å². The lowest BCUT2D eigenvalue weighted by atomic mass is 10.1. The Morgan fingerprint density at radius 2 is 1.43 bits per heavy atom. The van der Waals surface area contributed by atoms with E-state index >= 15 is 0 Å². The smallest absolute Gasteiger partial charge is 0.281 e. The van der Waals surface area contributed by atoms with E-state index in [9.17, 15) is 16.8 Å². The zero-order valence-corrected chi connectivity index (χ0v) is 23.6. The van der Waals surface area contributed by atoms with Crippen molar-refractivity contribution >= 4 is 25.9 Å². The molecule has 1 aliphatic heterocycles. The van der Waals surface area contributed by atoms with Crippen LogP contribution >= 0.6 is 0 Å². The molecule has 0 N–H and O–H groups in total. The molecule has 0 amide bonds. The van der Waals surface area contributed by atoms with E-state index in [0.717, 1.165) is 57.1 Å². The van der Waals surface area contributed by atoms with Crippen molar-refractivity contribution < 1.29 is 16.8 Å². The molecule has 1 aromatic carbocycles. The lowest BCUT2D eigenvalue weighted by Crippen LogP contribution is -2.49. The van der Waals surface area contributed by atoms with Crippen LogP contribution in [0.25, 0.3) is 0 Å². The minimum absolute atomic E-state index is 0.293. The molecule has 35 heavy (non-hydrogen) atoms. The topological polar surface area (TPSA) is 81.2 Å². The summed E-state index contributed by atoms with van der Waals surface area (Å²) in [6.45, 7) is 6.87. The molecule has 1 saturated heterocycles. The van der Waals surface area contributed by atoms with Gasteiger partial charge in [0.15, 0.2) is 0 Å². The molecular weight excluding hydrogens is 484 g/mol. The van der Waals surface area contributed by atoms with Crippen molar-refractivity contribution in [1.29, 1.82) is 0 Å². The van der Waals surface area contributed by atoms with E-state index < -0.39 is 20.2 Å². The molecule has 3 rings (SSSR count).